The monoisotopic (exact) mass is 434 g/mol. The Kier molecular flexibility index (Phi) is 5.10. The van der Waals surface area contributed by atoms with Crippen LogP contribution in [0.3, 0.4) is 0 Å². The van der Waals surface area contributed by atoms with E-state index in [9.17, 15) is 9.90 Å². The minimum absolute atomic E-state index is 0.0774. The second kappa shape index (κ2) is 7.80. The van der Waals surface area contributed by atoms with Crippen LogP contribution in [0.1, 0.15) is 54.7 Å². The lowest BCUT2D eigenvalue weighted by Crippen LogP contribution is -2.31. The number of ketones is 1. The molecule has 6 nitrogen and oxygen atoms in total. The summed E-state index contributed by atoms with van der Waals surface area (Å²) in [5, 5.41) is 14.5. The van der Waals surface area contributed by atoms with Crippen molar-refractivity contribution in [3.05, 3.63) is 46.1 Å². The molecule has 3 heterocycles. The van der Waals surface area contributed by atoms with Crippen LogP contribution < -0.4 is 5.32 Å². The maximum atomic E-state index is 12.1. The fraction of sp³-hybridized carbons (Fsp3) is 0.417. The Morgan fingerprint density at radius 1 is 1.32 bits per heavy atom. The molecule has 7 heteroatoms. The van der Waals surface area contributed by atoms with Gasteiger partial charge in [-0.05, 0) is 74.3 Å². The zero-order chi connectivity index (χ0) is 21.6. The molecule has 31 heavy (non-hydrogen) atoms. The van der Waals surface area contributed by atoms with Crippen LogP contribution in [-0.2, 0) is 24.2 Å². The number of aryl methyl sites for hydroxylation is 1. The number of hydrogen-bond donors (Lipinski definition) is 2. The van der Waals surface area contributed by atoms with E-state index < -0.39 is 5.60 Å². The molecule has 0 saturated heterocycles. The molecule has 0 fully saturated rings. The third-order valence-electron chi connectivity index (χ3n) is 6.31. The average molecular weight is 435 g/mol. The Labute approximate surface area is 185 Å². The first-order valence-corrected chi connectivity index (χ1v) is 11.6. The highest BCUT2D eigenvalue weighted by molar-refractivity contribution is 7.19. The van der Waals surface area contributed by atoms with E-state index in [1.165, 1.54) is 16.0 Å². The highest BCUT2D eigenvalue weighted by atomic mass is 32.1. The van der Waals surface area contributed by atoms with Gasteiger partial charge in [-0.2, -0.15) is 0 Å². The van der Waals surface area contributed by atoms with Crippen LogP contribution in [0, 0.1) is 5.92 Å². The number of nitrogens with zero attached hydrogens (tertiary/aromatic N) is 3. The van der Waals surface area contributed by atoms with Crippen LogP contribution in [0.15, 0.2) is 29.5 Å². The normalized spacial score (nSPS) is 17.6. The van der Waals surface area contributed by atoms with Gasteiger partial charge in [-0.3, -0.25) is 9.79 Å². The highest BCUT2D eigenvalue weighted by Crippen LogP contribution is 2.41. The van der Waals surface area contributed by atoms with Crippen LogP contribution in [-0.4, -0.2) is 32.7 Å². The van der Waals surface area contributed by atoms with Gasteiger partial charge in [-0.15, -0.1) is 11.3 Å². The van der Waals surface area contributed by atoms with Gasteiger partial charge in [-0.1, -0.05) is 6.07 Å². The van der Waals surface area contributed by atoms with Gasteiger partial charge < -0.3 is 10.4 Å². The first-order valence-electron chi connectivity index (χ1n) is 10.8. The Morgan fingerprint density at radius 3 is 3.03 bits per heavy atom. The van der Waals surface area contributed by atoms with E-state index in [1.807, 2.05) is 6.21 Å². The van der Waals surface area contributed by atoms with E-state index in [2.05, 4.69) is 38.5 Å². The summed E-state index contributed by atoms with van der Waals surface area (Å²) in [6.07, 6.45) is 7.78. The molecular formula is C24H26N4O2S. The first kappa shape index (κ1) is 20.3. The van der Waals surface area contributed by atoms with Crippen molar-refractivity contribution in [2.24, 2.45) is 10.9 Å². The molecule has 0 spiro atoms. The predicted molar refractivity (Wildman–Crippen MR) is 124 cm³/mol. The molecule has 0 amide bonds. The molecule has 0 radical (unpaired) electrons. The molecule has 2 N–H and O–H groups in total. The van der Waals surface area contributed by atoms with Gasteiger partial charge in [0.05, 0.1) is 11.9 Å². The first-order chi connectivity index (χ1) is 14.9. The molecule has 0 bridgehead atoms. The number of rotatable bonds is 6. The van der Waals surface area contributed by atoms with E-state index in [0.29, 0.717) is 12.3 Å². The molecule has 1 unspecified atom stereocenters. The Balaban J connectivity index is 1.37. The largest absolute Gasteiger partial charge is 0.383 e. The molecule has 160 valence electrons. The predicted octanol–water partition coefficient (Wildman–Crippen LogP) is 4.59. The van der Waals surface area contributed by atoms with Gasteiger partial charge in [-0.25, -0.2) is 9.97 Å². The third kappa shape index (κ3) is 4.00. The van der Waals surface area contributed by atoms with Gasteiger partial charge >= 0.3 is 0 Å². The smallest absolute Gasteiger partial charge is 0.163 e. The van der Waals surface area contributed by atoms with Crippen LogP contribution in [0.5, 0.6) is 0 Å². The quantitative estimate of drug-likeness (QED) is 0.592. The minimum atomic E-state index is -1.24. The number of anilines is 2. The average Bonchev–Trinajstić information content (AvgIpc) is 3.35. The van der Waals surface area contributed by atoms with Crippen molar-refractivity contribution >= 4 is 45.1 Å². The Morgan fingerprint density at radius 2 is 2.19 bits per heavy atom. The second-order valence-corrected chi connectivity index (χ2v) is 10.1. The molecule has 3 aromatic rings. The van der Waals surface area contributed by atoms with Crippen molar-refractivity contribution in [3.8, 4) is 0 Å². The second-order valence-electron chi connectivity index (χ2n) is 9.04. The maximum Gasteiger partial charge on any atom is 0.163 e. The van der Waals surface area contributed by atoms with E-state index in [1.54, 1.807) is 31.5 Å². The summed E-state index contributed by atoms with van der Waals surface area (Å²) >= 11 is 1.74. The number of aliphatic hydroxyl groups is 1. The molecule has 1 atom stereocenters. The van der Waals surface area contributed by atoms with Crippen LogP contribution >= 0.6 is 11.3 Å². The maximum absolute atomic E-state index is 12.1. The molecule has 2 aromatic heterocycles. The van der Waals surface area contributed by atoms with Crippen molar-refractivity contribution in [1.82, 2.24) is 9.97 Å². The summed E-state index contributed by atoms with van der Waals surface area (Å²) in [5.41, 5.74) is 3.52. The van der Waals surface area contributed by atoms with E-state index in [4.69, 9.17) is 0 Å². The summed E-state index contributed by atoms with van der Waals surface area (Å²) in [6.45, 7) is 3.90. The fourth-order valence-corrected chi connectivity index (χ4v) is 5.78. The summed E-state index contributed by atoms with van der Waals surface area (Å²) in [7, 11) is 0. The van der Waals surface area contributed by atoms with E-state index >= 15 is 0 Å². The molecule has 1 aromatic carbocycles. The van der Waals surface area contributed by atoms with Crippen molar-refractivity contribution < 1.29 is 9.90 Å². The number of hydrogen-bond acceptors (Lipinski definition) is 7. The zero-order valence-electron chi connectivity index (χ0n) is 17.8. The molecule has 1 aliphatic heterocycles. The molecule has 5 rings (SSSR count). The van der Waals surface area contributed by atoms with Crippen molar-refractivity contribution in [2.75, 3.05) is 5.32 Å². The van der Waals surface area contributed by atoms with Gasteiger partial charge in [0, 0.05) is 23.2 Å². The molecule has 1 aliphatic carbocycles. The number of Topliss-reactive ketones (excluding diaryl/α,β-unsaturated/α-hetero) is 1. The number of benzene rings is 1. The van der Waals surface area contributed by atoms with Gasteiger partial charge in [0.2, 0.25) is 0 Å². The number of fused-ring (bicyclic) bond motifs is 4. The van der Waals surface area contributed by atoms with Crippen molar-refractivity contribution in [2.45, 2.75) is 58.1 Å². The summed E-state index contributed by atoms with van der Waals surface area (Å²) in [4.78, 5) is 27.9. The number of nitrogens with one attached hydrogen (secondary N) is 1. The van der Waals surface area contributed by atoms with Gasteiger partial charge in [0.15, 0.2) is 5.78 Å². The number of carbonyl (C=O) groups excluding carboxylic acids is 1. The molecule has 0 saturated carbocycles. The van der Waals surface area contributed by atoms with Crippen LogP contribution in [0.25, 0.3) is 10.2 Å². The molecule has 2 aliphatic rings. The third-order valence-corrected chi connectivity index (χ3v) is 7.47. The molecular weight excluding hydrogens is 408 g/mol. The van der Waals surface area contributed by atoms with Crippen LogP contribution in [0.2, 0.25) is 0 Å². The van der Waals surface area contributed by atoms with Crippen molar-refractivity contribution in [1.29, 1.82) is 0 Å². The van der Waals surface area contributed by atoms with Crippen LogP contribution in [0.4, 0.5) is 11.5 Å². The number of thiophene rings is 1. The topological polar surface area (TPSA) is 87.5 Å². The van der Waals surface area contributed by atoms with Gasteiger partial charge in [0.1, 0.15) is 22.6 Å². The summed E-state index contributed by atoms with van der Waals surface area (Å²) < 4.78 is 0. The number of aromatic nitrogens is 2. The Bertz CT molecular complexity index is 1190. The standard InChI is InChI=1S/C24H26N4O2S/c1-24(2,30)20(29)8-4-14-3-7-18-19(9-14)31-23-21(18)22(26-13-27-23)28-17-6-5-15-11-25-12-16(15)10-17/h5-6,10,12-14,30H,3-4,7-9,11H2,1-2H3,(H,26,27,28). The summed E-state index contributed by atoms with van der Waals surface area (Å²) in [5.74, 6) is 1.24. The fourth-order valence-electron chi connectivity index (χ4n) is 4.48. The SMILES string of the molecule is CC(C)(O)C(=O)CCC1CCc2c(sc3ncnc(Nc4ccc5c(c4)C=NC5)c23)C1. The lowest BCUT2D eigenvalue weighted by Gasteiger charge is -2.23. The lowest BCUT2D eigenvalue weighted by atomic mass is 9.83. The van der Waals surface area contributed by atoms with E-state index in [0.717, 1.165) is 59.5 Å². The lowest BCUT2D eigenvalue weighted by molar-refractivity contribution is -0.134. The summed E-state index contributed by atoms with van der Waals surface area (Å²) in [6, 6.07) is 6.32. The Hall–Kier alpha value is -2.64. The zero-order valence-corrected chi connectivity index (χ0v) is 18.6. The number of aliphatic imine (C=N–C) groups is 1. The van der Waals surface area contributed by atoms with Gasteiger partial charge in [0.25, 0.3) is 0 Å². The minimum Gasteiger partial charge on any atom is -0.383 e. The van der Waals surface area contributed by atoms with Crippen molar-refractivity contribution in [3.63, 3.8) is 0 Å². The van der Waals surface area contributed by atoms with E-state index in [-0.39, 0.29) is 5.78 Å². The number of carbonyl (C=O) groups is 1. The highest BCUT2D eigenvalue weighted by Gasteiger charge is 2.28.